The summed E-state index contributed by atoms with van der Waals surface area (Å²) < 4.78 is 7.03. The van der Waals surface area contributed by atoms with Gasteiger partial charge in [-0.3, -0.25) is 4.79 Å². The number of nitrogens with zero attached hydrogens (tertiary/aromatic N) is 4. The van der Waals surface area contributed by atoms with Crippen LogP contribution in [0.1, 0.15) is 28.2 Å². The molecule has 3 heterocycles. The van der Waals surface area contributed by atoms with Gasteiger partial charge in [-0.05, 0) is 17.9 Å². The quantitative estimate of drug-likeness (QED) is 0.861. The number of fused-ring (bicyclic) bond motifs is 1. The van der Waals surface area contributed by atoms with E-state index in [0.29, 0.717) is 13.2 Å². The molecule has 0 N–H and O–H groups in total. The first kappa shape index (κ1) is 13.3. The summed E-state index contributed by atoms with van der Waals surface area (Å²) in [6, 6.07) is 1.86. The van der Waals surface area contributed by atoms with Gasteiger partial charge in [-0.1, -0.05) is 5.21 Å². The predicted molar refractivity (Wildman–Crippen MR) is 74.4 cm³/mol. The predicted octanol–water partition coefficient (Wildman–Crippen LogP) is 1.53. The Hall–Kier alpha value is -1.73. The highest BCUT2D eigenvalue weighted by atomic mass is 32.1. The van der Waals surface area contributed by atoms with Crippen molar-refractivity contribution in [1.82, 2.24) is 19.9 Å². The second-order valence-electron chi connectivity index (χ2n) is 4.73. The minimum atomic E-state index is 0.0734. The minimum Gasteiger partial charge on any atom is -0.378 e. The third kappa shape index (κ3) is 2.46. The number of methoxy groups -OCH3 is 1. The molecule has 0 atom stereocenters. The van der Waals surface area contributed by atoms with Crippen molar-refractivity contribution in [3.05, 3.63) is 33.8 Å². The smallest absolute Gasteiger partial charge is 0.255 e. The molecule has 6 nitrogen and oxygen atoms in total. The fourth-order valence-electron chi connectivity index (χ4n) is 2.38. The van der Waals surface area contributed by atoms with E-state index >= 15 is 0 Å². The lowest BCUT2D eigenvalue weighted by atomic mass is 10.2. The van der Waals surface area contributed by atoms with E-state index in [4.69, 9.17) is 4.74 Å². The summed E-state index contributed by atoms with van der Waals surface area (Å²) in [7, 11) is 1.64. The topological polar surface area (TPSA) is 60.3 Å². The number of rotatable bonds is 3. The van der Waals surface area contributed by atoms with Crippen LogP contribution in [0.2, 0.25) is 0 Å². The molecule has 1 aliphatic heterocycles. The number of thiophene rings is 1. The van der Waals surface area contributed by atoms with Crippen LogP contribution < -0.4 is 0 Å². The Morgan fingerprint density at radius 3 is 3.15 bits per heavy atom. The minimum absolute atomic E-state index is 0.0734. The van der Waals surface area contributed by atoms with Crippen LogP contribution in [-0.4, -0.2) is 39.5 Å². The SMILES string of the molecule is COCc1nnn2c1CN(C(=O)c1ccsc1)CCC2. The van der Waals surface area contributed by atoms with Gasteiger partial charge in [-0.2, -0.15) is 11.3 Å². The highest BCUT2D eigenvalue weighted by Crippen LogP contribution is 2.18. The van der Waals surface area contributed by atoms with Crippen molar-refractivity contribution in [3.63, 3.8) is 0 Å². The number of aryl methyl sites for hydroxylation is 1. The van der Waals surface area contributed by atoms with Crippen LogP contribution in [0.15, 0.2) is 16.8 Å². The first-order valence-electron chi connectivity index (χ1n) is 6.51. The van der Waals surface area contributed by atoms with E-state index in [9.17, 15) is 4.79 Å². The second-order valence-corrected chi connectivity index (χ2v) is 5.51. The number of ether oxygens (including phenoxy) is 1. The highest BCUT2D eigenvalue weighted by Gasteiger charge is 2.24. The van der Waals surface area contributed by atoms with Crippen LogP contribution in [-0.2, 0) is 24.4 Å². The molecule has 0 saturated heterocycles. The number of carbonyl (C=O) groups excluding carboxylic acids is 1. The van der Waals surface area contributed by atoms with Crippen molar-refractivity contribution in [2.24, 2.45) is 0 Å². The van der Waals surface area contributed by atoms with Crippen LogP contribution in [0.3, 0.4) is 0 Å². The lowest BCUT2D eigenvalue weighted by Gasteiger charge is -2.19. The Labute approximate surface area is 121 Å². The average Bonchev–Trinajstić information content (AvgIpc) is 3.05. The number of hydrogen-bond donors (Lipinski definition) is 0. The van der Waals surface area contributed by atoms with Crippen molar-refractivity contribution in [1.29, 1.82) is 0 Å². The van der Waals surface area contributed by atoms with Gasteiger partial charge < -0.3 is 9.64 Å². The maximum absolute atomic E-state index is 12.5. The van der Waals surface area contributed by atoms with Crippen LogP contribution in [0, 0.1) is 0 Å². The monoisotopic (exact) mass is 292 g/mol. The third-order valence-electron chi connectivity index (χ3n) is 3.39. The zero-order valence-corrected chi connectivity index (χ0v) is 12.1. The highest BCUT2D eigenvalue weighted by molar-refractivity contribution is 7.08. The second kappa shape index (κ2) is 5.72. The van der Waals surface area contributed by atoms with Crippen LogP contribution in [0.25, 0.3) is 0 Å². The first-order valence-corrected chi connectivity index (χ1v) is 7.45. The summed E-state index contributed by atoms with van der Waals surface area (Å²) >= 11 is 1.54. The van der Waals surface area contributed by atoms with Gasteiger partial charge in [0.15, 0.2) is 0 Å². The third-order valence-corrected chi connectivity index (χ3v) is 4.08. The Morgan fingerprint density at radius 2 is 2.40 bits per heavy atom. The Kier molecular flexibility index (Phi) is 3.79. The van der Waals surface area contributed by atoms with Gasteiger partial charge in [-0.15, -0.1) is 5.10 Å². The Morgan fingerprint density at radius 1 is 1.50 bits per heavy atom. The molecule has 0 unspecified atom stereocenters. The molecule has 20 heavy (non-hydrogen) atoms. The molecule has 0 fully saturated rings. The zero-order valence-electron chi connectivity index (χ0n) is 11.3. The van der Waals surface area contributed by atoms with Crippen molar-refractivity contribution >= 4 is 17.2 Å². The van der Waals surface area contributed by atoms with E-state index < -0.39 is 0 Å². The van der Waals surface area contributed by atoms with Gasteiger partial charge in [-0.25, -0.2) is 4.68 Å². The molecule has 0 aliphatic carbocycles. The van der Waals surface area contributed by atoms with E-state index in [2.05, 4.69) is 10.3 Å². The molecule has 0 bridgehead atoms. The zero-order chi connectivity index (χ0) is 13.9. The van der Waals surface area contributed by atoms with E-state index in [1.54, 1.807) is 7.11 Å². The van der Waals surface area contributed by atoms with Gasteiger partial charge in [0.2, 0.25) is 0 Å². The molecule has 3 rings (SSSR count). The average molecular weight is 292 g/mol. The van der Waals surface area contributed by atoms with Crippen molar-refractivity contribution in [3.8, 4) is 0 Å². The first-order chi connectivity index (χ1) is 9.79. The summed E-state index contributed by atoms with van der Waals surface area (Å²) in [6.07, 6.45) is 0.888. The molecule has 2 aromatic rings. The van der Waals surface area contributed by atoms with E-state index in [0.717, 1.165) is 36.5 Å². The Balaban J connectivity index is 1.85. The van der Waals surface area contributed by atoms with Gasteiger partial charge in [0.05, 0.1) is 24.4 Å². The lowest BCUT2D eigenvalue weighted by Crippen LogP contribution is -2.30. The number of amides is 1. The molecule has 2 aromatic heterocycles. The molecule has 0 saturated carbocycles. The van der Waals surface area contributed by atoms with Gasteiger partial charge in [0.25, 0.3) is 5.91 Å². The van der Waals surface area contributed by atoms with Gasteiger partial charge in [0.1, 0.15) is 5.69 Å². The van der Waals surface area contributed by atoms with E-state index in [-0.39, 0.29) is 5.91 Å². The van der Waals surface area contributed by atoms with Crippen molar-refractivity contribution in [2.75, 3.05) is 13.7 Å². The summed E-state index contributed by atoms with van der Waals surface area (Å²) in [5.41, 5.74) is 2.55. The number of carbonyl (C=O) groups is 1. The lowest BCUT2D eigenvalue weighted by molar-refractivity contribution is 0.0744. The summed E-state index contributed by atoms with van der Waals surface area (Å²) in [5, 5.41) is 12.1. The molecule has 1 amide bonds. The largest absolute Gasteiger partial charge is 0.378 e. The fourth-order valence-corrected chi connectivity index (χ4v) is 3.01. The number of hydrogen-bond acceptors (Lipinski definition) is 5. The normalized spacial score (nSPS) is 14.9. The van der Waals surface area contributed by atoms with E-state index in [1.165, 1.54) is 11.3 Å². The summed E-state index contributed by atoms with van der Waals surface area (Å²) in [6.45, 7) is 2.50. The molecule has 0 radical (unpaired) electrons. The van der Waals surface area contributed by atoms with Crippen molar-refractivity contribution < 1.29 is 9.53 Å². The fraction of sp³-hybridized carbons (Fsp3) is 0.462. The summed E-state index contributed by atoms with van der Waals surface area (Å²) in [4.78, 5) is 14.3. The summed E-state index contributed by atoms with van der Waals surface area (Å²) in [5.74, 6) is 0.0734. The van der Waals surface area contributed by atoms with Crippen LogP contribution in [0.4, 0.5) is 0 Å². The maximum atomic E-state index is 12.5. The van der Waals surface area contributed by atoms with Gasteiger partial charge >= 0.3 is 0 Å². The molecule has 106 valence electrons. The Bertz CT molecular complexity index is 594. The van der Waals surface area contributed by atoms with Crippen LogP contribution >= 0.6 is 11.3 Å². The number of aromatic nitrogens is 3. The molecule has 0 aromatic carbocycles. The molecular formula is C13H16N4O2S. The molecular weight excluding hydrogens is 276 g/mol. The van der Waals surface area contributed by atoms with Crippen molar-refractivity contribution in [2.45, 2.75) is 26.1 Å². The van der Waals surface area contributed by atoms with E-state index in [1.807, 2.05) is 26.4 Å². The molecule has 1 aliphatic rings. The van der Waals surface area contributed by atoms with Crippen LogP contribution in [0.5, 0.6) is 0 Å². The maximum Gasteiger partial charge on any atom is 0.255 e. The molecule has 0 spiro atoms. The van der Waals surface area contributed by atoms with Gasteiger partial charge in [0, 0.05) is 25.6 Å². The molecule has 7 heteroatoms. The standard InChI is InChI=1S/C13H16N4O2S/c1-19-8-11-12-7-16(4-2-5-17(12)15-14-11)13(18)10-3-6-20-9-10/h3,6,9H,2,4-5,7-8H2,1H3.